The molecule has 2 N–H and O–H groups in total. The van der Waals surface area contributed by atoms with Crippen LogP contribution in [0.2, 0.25) is 0 Å². The van der Waals surface area contributed by atoms with E-state index >= 15 is 0 Å². The fraction of sp³-hybridized carbons (Fsp3) is 0.615. The third kappa shape index (κ3) is 3.33. The number of aryl methyl sites for hydroxylation is 2. The summed E-state index contributed by atoms with van der Waals surface area (Å²) < 4.78 is 5.05. The van der Waals surface area contributed by atoms with Crippen molar-refractivity contribution in [1.82, 2.24) is 10.5 Å². The Bertz CT molecular complexity index is 461. The molecule has 0 aliphatic heterocycles. The van der Waals surface area contributed by atoms with Crippen LogP contribution < -0.4 is 5.32 Å². The Balaban J connectivity index is 2.75. The Hall–Kier alpha value is -1.85. The summed E-state index contributed by atoms with van der Waals surface area (Å²) in [6, 6.07) is -0.262. The van der Waals surface area contributed by atoms with Gasteiger partial charge in [0.1, 0.15) is 5.76 Å². The number of carbonyl (C=O) groups excluding carboxylic acids is 1. The lowest BCUT2D eigenvalue weighted by molar-refractivity contribution is -0.146. The lowest BCUT2D eigenvalue weighted by atomic mass is 9.94. The summed E-state index contributed by atoms with van der Waals surface area (Å²) in [6.07, 6.45) is 0. The van der Waals surface area contributed by atoms with Crippen LogP contribution in [0.5, 0.6) is 0 Å². The van der Waals surface area contributed by atoms with Crippen LogP contribution in [0.3, 0.4) is 0 Å². The van der Waals surface area contributed by atoms with Gasteiger partial charge in [-0.2, -0.15) is 0 Å². The lowest BCUT2D eigenvalue weighted by Crippen LogP contribution is -2.36. The van der Waals surface area contributed by atoms with Crippen LogP contribution in [0.15, 0.2) is 4.52 Å². The Kier molecular flexibility index (Phi) is 4.69. The highest BCUT2D eigenvalue weighted by Crippen LogP contribution is 2.22. The number of aliphatic carboxylic acids is 1. The van der Waals surface area contributed by atoms with Gasteiger partial charge in [-0.15, -0.1) is 0 Å². The van der Waals surface area contributed by atoms with Crippen LogP contribution in [0.1, 0.15) is 43.8 Å². The Labute approximate surface area is 112 Å². The van der Waals surface area contributed by atoms with E-state index in [-0.39, 0.29) is 11.9 Å². The van der Waals surface area contributed by atoms with Crippen molar-refractivity contribution in [3.05, 3.63) is 17.0 Å². The van der Waals surface area contributed by atoms with E-state index in [0.29, 0.717) is 5.76 Å². The zero-order valence-electron chi connectivity index (χ0n) is 11.9. The molecule has 6 heteroatoms. The van der Waals surface area contributed by atoms with Gasteiger partial charge in [0.25, 0.3) is 0 Å². The summed E-state index contributed by atoms with van der Waals surface area (Å²) in [5, 5.41) is 15.5. The molecular weight excluding hydrogens is 248 g/mol. The summed E-state index contributed by atoms with van der Waals surface area (Å²) in [6.45, 7) is 8.53. The molecule has 3 unspecified atom stereocenters. The average molecular weight is 268 g/mol. The number of aromatic nitrogens is 1. The maximum atomic E-state index is 12.0. The molecule has 1 heterocycles. The molecule has 1 aromatic heterocycles. The number of carboxylic acids is 1. The van der Waals surface area contributed by atoms with Crippen molar-refractivity contribution in [1.29, 1.82) is 0 Å². The van der Waals surface area contributed by atoms with Gasteiger partial charge in [-0.05, 0) is 20.8 Å². The van der Waals surface area contributed by atoms with E-state index in [2.05, 4.69) is 10.5 Å². The molecule has 0 aromatic carbocycles. The highest BCUT2D eigenvalue weighted by molar-refractivity contribution is 5.84. The number of nitrogens with one attached hydrogen (secondary N) is 1. The predicted molar refractivity (Wildman–Crippen MR) is 68.5 cm³/mol. The summed E-state index contributed by atoms with van der Waals surface area (Å²) in [5.41, 5.74) is 1.56. The summed E-state index contributed by atoms with van der Waals surface area (Å²) in [5.74, 6) is -1.93. The number of hydrogen-bond acceptors (Lipinski definition) is 4. The number of carboxylic acid groups (broad SMARTS) is 1. The molecule has 0 spiro atoms. The Morgan fingerprint density at radius 1 is 1.21 bits per heavy atom. The first-order valence-electron chi connectivity index (χ1n) is 6.21. The number of nitrogens with zero attached hydrogens (tertiary/aromatic N) is 1. The fourth-order valence-electron chi connectivity index (χ4n) is 1.97. The molecule has 6 nitrogen and oxygen atoms in total. The molecule has 1 amide bonds. The minimum atomic E-state index is -0.979. The number of rotatable bonds is 5. The van der Waals surface area contributed by atoms with Crippen LogP contribution in [0, 0.1) is 25.7 Å². The molecule has 3 atom stereocenters. The molecule has 0 radical (unpaired) electrons. The van der Waals surface area contributed by atoms with Crippen LogP contribution >= 0.6 is 0 Å². The van der Waals surface area contributed by atoms with Crippen LogP contribution in [-0.2, 0) is 9.59 Å². The Morgan fingerprint density at radius 3 is 2.21 bits per heavy atom. The summed E-state index contributed by atoms with van der Waals surface area (Å²) in [7, 11) is 0. The van der Waals surface area contributed by atoms with Crippen molar-refractivity contribution in [2.24, 2.45) is 11.8 Å². The van der Waals surface area contributed by atoms with Crippen molar-refractivity contribution in [3.63, 3.8) is 0 Å². The van der Waals surface area contributed by atoms with Crippen LogP contribution in [0.4, 0.5) is 0 Å². The zero-order chi connectivity index (χ0) is 14.7. The van der Waals surface area contributed by atoms with E-state index in [1.54, 1.807) is 20.8 Å². The smallest absolute Gasteiger partial charge is 0.307 e. The third-order valence-corrected chi connectivity index (χ3v) is 3.43. The normalized spacial score (nSPS) is 15.6. The molecule has 1 rings (SSSR count). The summed E-state index contributed by atoms with van der Waals surface area (Å²) >= 11 is 0. The quantitative estimate of drug-likeness (QED) is 0.849. The first-order chi connectivity index (χ1) is 8.75. The Morgan fingerprint density at radius 2 is 1.79 bits per heavy atom. The average Bonchev–Trinajstić information content (AvgIpc) is 2.66. The van der Waals surface area contributed by atoms with Gasteiger partial charge < -0.3 is 14.9 Å². The van der Waals surface area contributed by atoms with Gasteiger partial charge in [0.05, 0.1) is 17.7 Å². The van der Waals surface area contributed by atoms with E-state index in [9.17, 15) is 9.59 Å². The van der Waals surface area contributed by atoms with Crippen molar-refractivity contribution in [3.8, 4) is 0 Å². The van der Waals surface area contributed by atoms with Gasteiger partial charge >= 0.3 is 5.97 Å². The van der Waals surface area contributed by atoms with Crippen molar-refractivity contribution < 1.29 is 19.2 Å². The predicted octanol–water partition coefficient (Wildman–Crippen LogP) is 1.83. The molecule has 0 aliphatic rings. The van der Waals surface area contributed by atoms with Gasteiger partial charge in [0, 0.05) is 11.5 Å². The molecule has 0 saturated heterocycles. The number of hydrogen-bond donors (Lipinski definition) is 2. The minimum Gasteiger partial charge on any atom is -0.481 e. The maximum absolute atomic E-state index is 12.0. The fourth-order valence-corrected chi connectivity index (χ4v) is 1.97. The molecule has 0 fully saturated rings. The van der Waals surface area contributed by atoms with E-state index in [1.807, 2.05) is 6.92 Å². The van der Waals surface area contributed by atoms with Crippen molar-refractivity contribution >= 4 is 11.9 Å². The monoisotopic (exact) mass is 268 g/mol. The SMILES string of the molecule is Cc1noc(C)c1C(C)NC(=O)C(C)C(C)C(=O)O. The molecule has 19 heavy (non-hydrogen) atoms. The second-order valence-corrected chi connectivity index (χ2v) is 4.88. The maximum Gasteiger partial charge on any atom is 0.307 e. The molecule has 106 valence electrons. The van der Waals surface area contributed by atoms with E-state index in [4.69, 9.17) is 9.63 Å². The molecule has 0 saturated carbocycles. The molecular formula is C13H20N2O4. The minimum absolute atomic E-state index is 0.262. The van der Waals surface area contributed by atoms with Crippen LogP contribution in [0.25, 0.3) is 0 Å². The van der Waals surface area contributed by atoms with Gasteiger partial charge in [-0.1, -0.05) is 19.0 Å². The highest BCUT2D eigenvalue weighted by Gasteiger charge is 2.27. The third-order valence-electron chi connectivity index (χ3n) is 3.43. The van der Waals surface area contributed by atoms with Crippen molar-refractivity contribution in [2.75, 3.05) is 0 Å². The number of carbonyl (C=O) groups is 2. The second-order valence-electron chi connectivity index (χ2n) is 4.88. The van der Waals surface area contributed by atoms with Gasteiger partial charge in [0.2, 0.25) is 5.91 Å². The van der Waals surface area contributed by atoms with Crippen molar-refractivity contribution in [2.45, 2.75) is 40.7 Å². The second kappa shape index (κ2) is 5.86. The molecule has 0 bridgehead atoms. The first-order valence-corrected chi connectivity index (χ1v) is 6.21. The highest BCUT2D eigenvalue weighted by atomic mass is 16.5. The lowest BCUT2D eigenvalue weighted by Gasteiger charge is -2.19. The molecule has 1 aromatic rings. The number of amides is 1. The van der Waals surface area contributed by atoms with Gasteiger partial charge in [-0.25, -0.2) is 0 Å². The largest absolute Gasteiger partial charge is 0.481 e. The van der Waals surface area contributed by atoms with Gasteiger partial charge in [0.15, 0.2) is 0 Å². The standard InChI is InChI=1S/C13H20N2O4/c1-6(7(2)13(17)18)12(16)14-8(3)11-9(4)15-19-10(11)5/h6-8H,1-5H3,(H,14,16)(H,17,18). The topological polar surface area (TPSA) is 92.4 Å². The van der Waals surface area contributed by atoms with E-state index in [1.165, 1.54) is 6.92 Å². The zero-order valence-corrected chi connectivity index (χ0v) is 11.9. The van der Waals surface area contributed by atoms with E-state index < -0.39 is 17.8 Å². The summed E-state index contributed by atoms with van der Waals surface area (Å²) in [4.78, 5) is 22.9. The van der Waals surface area contributed by atoms with E-state index in [0.717, 1.165) is 11.3 Å². The first kappa shape index (κ1) is 15.2. The molecule has 0 aliphatic carbocycles. The van der Waals surface area contributed by atoms with Crippen LogP contribution in [-0.4, -0.2) is 22.1 Å². The van der Waals surface area contributed by atoms with Gasteiger partial charge in [-0.3, -0.25) is 9.59 Å².